The molecule has 1 aromatic heterocycles. The summed E-state index contributed by atoms with van der Waals surface area (Å²) in [4.78, 5) is 36.6. The average molecular weight is 305 g/mol. The van der Waals surface area contributed by atoms with E-state index in [1.54, 1.807) is 17.0 Å². The number of carboxylic acid groups (broad SMARTS) is 1. The van der Waals surface area contributed by atoms with Crippen LogP contribution in [0, 0.1) is 0 Å². The highest BCUT2D eigenvalue weighted by atomic mass is 16.4. The van der Waals surface area contributed by atoms with Gasteiger partial charge in [0.1, 0.15) is 6.54 Å². The summed E-state index contributed by atoms with van der Waals surface area (Å²) >= 11 is 0. The summed E-state index contributed by atoms with van der Waals surface area (Å²) in [7, 11) is 0. The van der Waals surface area contributed by atoms with E-state index in [9.17, 15) is 14.4 Å². The third kappa shape index (κ3) is 2.60. The number of hydrogen-bond acceptors (Lipinski definition) is 5. The predicted octanol–water partition coefficient (Wildman–Crippen LogP) is -0.275. The predicted molar refractivity (Wildman–Crippen MR) is 76.9 cm³/mol. The molecule has 0 spiro atoms. The summed E-state index contributed by atoms with van der Waals surface area (Å²) in [5, 5.41) is 12.0. The normalized spacial score (nSPS) is 15.2. The van der Waals surface area contributed by atoms with Gasteiger partial charge in [-0.1, -0.05) is 0 Å². The number of hydrogen-bond donors (Lipinski definition) is 2. The van der Waals surface area contributed by atoms with Gasteiger partial charge in [-0.15, -0.1) is 0 Å². The van der Waals surface area contributed by atoms with Gasteiger partial charge >= 0.3 is 11.7 Å². The fourth-order valence-corrected chi connectivity index (χ4v) is 2.53. The maximum absolute atomic E-state index is 12.4. The molecule has 2 aromatic rings. The summed E-state index contributed by atoms with van der Waals surface area (Å²) in [6, 6.07) is 4.61. The van der Waals surface area contributed by atoms with Crippen molar-refractivity contribution in [1.82, 2.24) is 14.8 Å². The van der Waals surface area contributed by atoms with Gasteiger partial charge in [0.25, 0.3) is 5.91 Å². The smallest absolute Gasteiger partial charge is 0.420 e. The topological polar surface area (TPSA) is 105 Å². The fraction of sp³-hybridized carbons (Fsp3) is 0.357. The SMILES string of the molecule is O=C(O)Cn1c(=O)oc2cc(C(=O)N3CCNCC3)ccc21. The van der Waals surface area contributed by atoms with Crippen molar-refractivity contribution in [2.75, 3.05) is 26.2 Å². The van der Waals surface area contributed by atoms with Crippen LogP contribution in [0.2, 0.25) is 0 Å². The second-order valence-electron chi connectivity index (χ2n) is 5.07. The van der Waals surface area contributed by atoms with Crippen LogP contribution in [0.4, 0.5) is 0 Å². The molecule has 22 heavy (non-hydrogen) atoms. The molecular formula is C14H15N3O5. The zero-order valence-corrected chi connectivity index (χ0v) is 11.7. The minimum atomic E-state index is -1.13. The van der Waals surface area contributed by atoms with E-state index in [4.69, 9.17) is 9.52 Å². The van der Waals surface area contributed by atoms with Crippen molar-refractivity contribution in [1.29, 1.82) is 0 Å². The third-order valence-corrected chi connectivity index (χ3v) is 3.61. The Morgan fingerprint density at radius 2 is 2.00 bits per heavy atom. The Labute approximate surface area is 124 Å². The zero-order chi connectivity index (χ0) is 15.7. The van der Waals surface area contributed by atoms with Crippen molar-refractivity contribution in [2.45, 2.75) is 6.54 Å². The summed E-state index contributed by atoms with van der Waals surface area (Å²) in [6.07, 6.45) is 0. The molecule has 1 amide bonds. The first-order chi connectivity index (χ1) is 10.6. The van der Waals surface area contributed by atoms with Crippen LogP contribution in [-0.2, 0) is 11.3 Å². The lowest BCUT2D eigenvalue weighted by Gasteiger charge is -2.27. The highest BCUT2D eigenvalue weighted by Crippen LogP contribution is 2.17. The summed E-state index contributed by atoms with van der Waals surface area (Å²) in [5.41, 5.74) is 1.00. The van der Waals surface area contributed by atoms with Gasteiger partial charge in [-0.25, -0.2) is 4.79 Å². The zero-order valence-electron chi connectivity index (χ0n) is 11.7. The van der Waals surface area contributed by atoms with E-state index in [0.717, 1.165) is 17.7 Å². The molecule has 0 aliphatic carbocycles. The molecule has 0 bridgehead atoms. The standard InChI is InChI=1S/C14H15N3O5/c18-12(19)8-17-10-2-1-9(7-11(10)22-14(17)21)13(20)16-5-3-15-4-6-16/h1-2,7,15H,3-6,8H2,(H,18,19). The molecule has 1 aliphatic heterocycles. The van der Waals surface area contributed by atoms with Crippen molar-refractivity contribution in [3.63, 3.8) is 0 Å². The molecule has 2 heterocycles. The van der Waals surface area contributed by atoms with E-state index in [1.807, 2.05) is 0 Å². The minimum Gasteiger partial charge on any atom is -0.480 e. The van der Waals surface area contributed by atoms with Crippen LogP contribution in [0.25, 0.3) is 11.1 Å². The molecule has 1 saturated heterocycles. The van der Waals surface area contributed by atoms with Gasteiger partial charge in [0.15, 0.2) is 5.58 Å². The van der Waals surface area contributed by atoms with Gasteiger partial charge in [-0.3, -0.25) is 14.2 Å². The van der Waals surface area contributed by atoms with Crippen molar-refractivity contribution >= 4 is 23.0 Å². The number of carboxylic acids is 1. The number of aliphatic carboxylic acids is 1. The number of aromatic nitrogens is 1. The van der Waals surface area contributed by atoms with Crippen LogP contribution < -0.4 is 11.1 Å². The van der Waals surface area contributed by atoms with E-state index in [1.165, 1.54) is 6.07 Å². The lowest BCUT2D eigenvalue weighted by molar-refractivity contribution is -0.137. The summed E-state index contributed by atoms with van der Waals surface area (Å²) in [6.45, 7) is 2.27. The highest BCUT2D eigenvalue weighted by Gasteiger charge is 2.20. The molecule has 116 valence electrons. The Morgan fingerprint density at radius 3 is 2.68 bits per heavy atom. The van der Waals surface area contributed by atoms with Crippen LogP contribution in [0.15, 0.2) is 27.4 Å². The Kier molecular flexibility index (Phi) is 3.68. The number of fused-ring (bicyclic) bond motifs is 1. The van der Waals surface area contributed by atoms with Crippen LogP contribution in [-0.4, -0.2) is 52.6 Å². The Balaban J connectivity index is 1.95. The largest absolute Gasteiger partial charge is 0.480 e. The maximum atomic E-state index is 12.4. The van der Waals surface area contributed by atoms with Gasteiger partial charge in [-0.05, 0) is 18.2 Å². The Morgan fingerprint density at radius 1 is 1.27 bits per heavy atom. The lowest BCUT2D eigenvalue weighted by Crippen LogP contribution is -2.46. The van der Waals surface area contributed by atoms with Gasteiger partial charge in [0, 0.05) is 31.7 Å². The second kappa shape index (κ2) is 5.64. The van der Waals surface area contributed by atoms with E-state index in [2.05, 4.69) is 5.32 Å². The number of piperazine rings is 1. The highest BCUT2D eigenvalue weighted by molar-refractivity contribution is 5.97. The monoisotopic (exact) mass is 305 g/mol. The molecular weight excluding hydrogens is 290 g/mol. The Bertz CT molecular complexity index is 785. The molecule has 0 radical (unpaired) electrons. The number of nitrogens with one attached hydrogen (secondary N) is 1. The van der Waals surface area contributed by atoms with Crippen molar-refractivity contribution < 1.29 is 19.1 Å². The minimum absolute atomic E-state index is 0.128. The van der Waals surface area contributed by atoms with Gasteiger partial charge in [-0.2, -0.15) is 0 Å². The Hall–Kier alpha value is -2.61. The quantitative estimate of drug-likeness (QED) is 0.808. The molecule has 0 unspecified atom stereocenters. The van der Waals surface area contributed by atoms with E-state index >= 15 is 0 Å². The molecule has 1 aliphatic rings. The molecule has 8 heteroatoms. The number of carbonyl (C=O) groups excluding carboxylic acids is 1. The fourth-order valence-electron chi connectivity index (χ4n) is 2.53. The first-order valence-electron chi connectivity index (χ1n) is 6.91. The van der Waals surface area contributed by atoms with E-state index in [0.29, 0.717) is 24.2 Å². The number of rotatable bonds is 3. The van der Waals surface area contributed by atoms with Crippen molar-refractivity contribution in [2.24, 2.45) is 0 Å². The molecule has 2 N–H and O–H groups in total. The number of nitrogens with zero attached hydrogens (tertiary/aromatic N) is 2. The third-order valence-electron chi connectivity index (χ3n) is 3.61. The van der Waals surface area contributed by atoms with Gasteiger partial charge < -0.3 is 19.7 Å². The van der Waals surface area contributed by atoms with Crippen LogP contribution >= 0.6 is 0 Å². The lowest BCUT2D eigenvalue weighted by atomic mass is 10.1. The van der Waals surface area contributed by atoms with Gasteiger partial charge in [0.05, 0.1) is 5.52 Å². The van der Waals surface area contributed by atoms with Crippen molar-refractivity contribution in [3.05, 3.63) is 34.3 Å². The van der Waals surface area contributed by atoms with Gasteiger partial charge in [0.2, 0.25) is 0 Å². The average Bonchev–Trinajstić information content (AvgIpc) is 2.82. The van der Waals surface area contributed by atoms with Crippen LogP contribution in [0.1, 0.15) is 10.4 Å². The number of carbonyl (C=O) groups is 2. The van der Waals surface area contributed by atoms with Crippen molar-refractivity contribution in [3.8, 4) is 0 Å². The first-order valence-corrected chi connectivity index (χ1v) is 6.91. The molecule has 0 atom stereocenters. The second-order valence-corrected chi connectivity index (χ2v) is 5.07. The molecule has 3 rings (SSSR count). The number of amides is 1. The molecule has 1 fully saturated rings. The summed E-state index contributed by atoms with van der Waals surface area (Å²) in [5.74, 6) is -2.01. The summed E-state index contributed by atoms with van der Waals surface area (Å²) < 4.78 is 6.06. The maximum Gasteiger partial charge on any atom is 0.420 e. The molecule has 0 saturated carbocycles. The number of benzene rings is 1. The number of oxazole rings is 1. The van der Waals surface area contributed by atoms with Crippen LogP contribution in [0.3, 0.4) is 0 Å². The van der Waals surface area contributed by atoms with E-state index in [-0.39, 0.29) is 11.5 Å². The van der Waals surface area contributed by atoms with Crippen LogP contribution in [0.5, 0.6) is 0 Å². The van der Waals surface area contributed by atoms with E-state index < -0.39 is 18.3 Å². The molecule has 1 aromatic carbocycles. The molecule has 8 nitrogen and oxygen atoms in total. The first kappa shape index (κ1) is 14.3.